The van der Waals surface area contributed by atoms with Crippen molar-refractivity contribution in [3.8, 4) is 45.3 Å². The largest absolute Gasteiger partial charge is 0.329 e. The number of hydrogen-bond acceptors (Lipinski definition) is 3. The van der Waals surface area contributed by atoms with E-state index in [9.17, 15) is 0 Å². The van der Waals surface area contributed by atoms with Crippen LogP contribution in [-0.2, 0) is 0 Å². The van der Waals surface area contributed by atoms with E-state index in [0.717, 1.165) is 39.4 Å². The van der Waals surface area contributed by atoms with E-state index in [1.54, 1.807) is 0 Å². The summed E-state index contributed by atoms with van der Waals surface area (Å²) >= 11 is 0. The highest BCUT2D eigenvalue weighted by molar-refractivity contribution is 6.13. The van der Waals surface area contributed by atoms with Gasteiger partial charge in [0, 0.05) is 50.0 Å². The van der Waals surface area contributed by atoms with Gasteiger partial charge in [0.15, 0.2) is 0 Å². The van der Waals surface area contributed by atoms with E-state index >= 15 is 0 Å². The Morgan fingerprint density at radius 3 is 1.67 bits per heavy atom. The molecule has 0 bridgehead atoms. The first-order chi connectivity index (χ1) is 29.7. The molecule has 11 aromatic rings. The van der Waals surface area contributed by atoms with E-state index in [-0.39, 0.29) is 6.04 Å². The molecule has 5 heterocycles. The lowest BCUT2D eigenvalue weighted by atomic mass is 9.85. The molecule has 0 saturated heterocycles. The van der Waals surface area contributed by atoms with Crippen molar-refractivity contribution in [1.29, 1.82) is 0 Å². The maximum Gasteiger partial charge on any atom is 0.235 e. The van der Waals surface area contributed by atoms with Crippen LogP contribution in [0.15, 0.2) is 194 Å². The van der Waals surface area contributed by atoms with Gasteiger partial charge in [-0.2, -0.15) is 0 Å². The van der Waals surface area contributed by atoms with Gasteiger partial charge in [-0.1, -0.05) is 146 Å². The number of rotatable bonds is 4. The molecule has 0 N–H and O–H groups in total. The normalized spacial score (nSPS) is 15.4. The first-order valence-corrected chi connectivity index (χ1v) is 20.8. The molecule has 2 aliphatic rings. The molecule has 2 aliphatic heterocycles. The van der Waals surface area contributed by atoms with E-state index in [2.05, 4.69) is 215 Å². The fourth-order valence-electron chi connectivity index (χ4n) is 10.4. The lowest BCUT2D eigenvalue weighted by molar-refractivity contribution is 0.622. The lowest BCUT2D eigenvalue weighted by Gasteiger charge is -2.38. The Kier molecular flexibility index (Phi) is 6.99. The van der Waals surface area contributed by atoms with Crippen LogP contribution in [0.3, 0.4) is 0 Å². The van der Waals surface area contributed by atoms with Crippen LogP contribution < -0.4 is 4.90 Å². The van der Waals surface area contributed by atoms with Gasteiger partial charge in [-0.25, -0.2) is 9.97 Å². The predicted octanol–water partition coefficient (Wildman–Crippen LogP) is 14.0. The van der Waals surface area contributed by atoms with E-state index in [1.807, 2.05) is 0 Å². The molecule has 13 rings (SSSR count). The number of fused-ring (bicyclic) bond motifs is 14. The molecule has 3 aromatic heterocycles. The molecule has 0 aliphatic carbocycles. The second-order valence-electron chi connectivity index (χ2n) is 16.2. The Labute approximate surface area is 347 Å². The summed E-state index contributed by atoms with van der Waals surface area (Å²) < 4.78 is 4.64. The molecule has 2 atom stereocenters. The molecule has 8 aromatic carbocycles. The van der Waals surface area contributed by atoms with Gasteiger partial charge < -0.3 is 9.47 Å². The van der Waals surface area contributed by atoms with Crippen LogP contribution in [-0.4, -0.2) is 19.1 Å². The van der Waals surface area contributed by atoms with Gasteiger partial charge >= 0.3 is 0 Å². The van der Waals surface area contributed by atoms with Gasteiger partial charge in [0.25, 0.3) is 0 Å². The first-order valence-electron chi connectivity index (χ1n) is 20.8. The van der Waals surface area contributed by atoms with Gasteiger partial charge in [0.05, 0.1) is 33.8 Å². The van der Waals surface area contributed by atoms with Crippen molar-refractivity contribution in [3.63, 3.8) is 0 Å². The van der Waals surface area contributed by atoms with Gasteiger partial charge in [-0.15, -0.1) is 0 Å². The number of aromatic nitrogens is 4. The van der Waals surface area contributed by atoms with E-state index in [4.69, 9.17) is 9.97 Å². The molecule has 2 unspecified atom stereocenters. The summed E-state index contributed by atoms with van der Waals surface area (Å²) in [5.41, 5.74) is 17.1. The summed E-state index contributed by atoms with van der Waals surface area (Å²) in [5, 5.41) is 4.82. The summed E-state index contributed by atoms with van der Waals surface area (Å²) in [6.07, 6.45) is 0. The molecule has 5 nitrogen and oxygen atoms in total. The molecule has 0 radical (unpaired) electrons. The highest BCUT2D eigenvalue weighted by Crippen LogP contribution is 2.60. The first kappa shape index (κ1) is 33.2. The molecule has 0 fully saturated rings. The van der Waals surface area contributed by atoms with Gasteiger partial charge in [-0.05, 0) is 76.9 Å². The van der Waals surface area contributed by atoms with Crippen molar-refractivity contribution in [2.45, 2.75) is 18.9 Å². The van der Waals surface area contributed by atoms with Crippen molar-refractivity contribution < 1.29 is 0 Å². The number of nitrogens with zero attached hydrogens (tertiary/aromatic N) is 5. The minimum absolute atomic E-state index is 0.142. The second-order valence-corrected chi connectivity index (χ2v) is 16.2. The predicted molar refractivity (Wildman–Crippen MR) is 247 cm³/mol. The maximum absolute atomic E-state index is 5.62. The zero-order chi connectivity index (χ0) is 39.5. The van der Waals surface area contributed by atoms with Gasteiger partial charge in [0.1, 0.15) is 11.4 Å². The number of para-hydroxylation sites is 4. The van der Waals surface area contributed by atoms with E-state index in [0.29, 0.717) is 11.9 Å². The molecule has 60 heavy (non-hydrogen) atoms. The van der Waals surface area contributed by atoms with Crippen LogP contribution >= 0.6 is 0 Å². The molecule has 0 saturated carbocycles. The van der Waals surface area contributed by atoms with Crippen LogP contribution in [0.2, 0.25) is 0 Å². The van der Waals surface area contributed by atoms with Crippen LogP contribution in [0, 0.1) is 0 Å². The van der Waals surface area contributed by atoms with E-state index in [1.165, 1.54) is 66.1 Å². The van der Waals surface area contributed by atoms with Gasteiger partial charge in [-0.3, -0.25) is 4.57 Å². The smallest absolute Gasteiger partial charge is 0.235 e. The average Bonchev–Trinajstić information content (AvgIpc) is 3.94. The standard InChI is InChI=1S/C55H37N5/c1-34-39-20-10-13-25-46(39)60-53(34)43-24-9-8-23-42(43)52-54(60)51(35-16-4-2-5-17-35)56-55(57-52)59-48-27-15-12-22-41(48)45-33-37(29-31-50(45)59)36-28-30-49-44(32-36)40-21-11-14-26-47(40)58(49)38-18-6-3-7-19-38/h2-34,53H,1H3. The molecular formula is C55H37N5. The molecule has 5 heteroatoms. The van der Waals surface area contributed by atoms with Crippen molar-refractivity contribution in [3.05, 3.63) is 205 Å². The van der Waals surface area contributed by atoms with Crippen molar-refractivity contribution >= 4 is 55.0 Å². The highest BCUT2D eigenvalue weighted by atomic mass is 15.3. The summed E-state index contributed by atoms with van der Waals surface area (Å²) in [6.45, 7) is 2.36. The lowest BCUT2D eigenvalue weighted by Crippen LogP contribution is -2.28. The number of hydrogen-bond donors (Lipinski definition) is 0. The fourth-order valence-corrected chi connectivity index (χ4v) is 10.4. The van der Waals surface area contributed by atoms with Crippen molar-refractivity contribution in [1.82, 2.24) is 19.1 Å². The van der Waals surface area contributed by atoms with Crippen LogP contribution in [0.5, 0.6) is 0 Å². The topological polar surface area (TPSA) is 38.9 Å². The fraction of sp³-hybridized carbons (Fsp3) is 0.0545. The molecular weight excluding hydrogens is 731 g/mol. The third kappa shape index (κ3) is 4.63. The van der Waals surface area contributed by atoms with Crippen molar-refractivity contribution in [2.24, 2.45) is 0 Å². The number of anilines is 2. The Hall–Kier alpha value is -7.76. The Balaban J connectivity index is 1.04. The maximum atomic E-state index is 5.62. The third-order valence-corrected chi connectivity index (χ3v) is 13.0. The van der Waals surface area contributed by atoms with Crippen LogP contribution in [0.4, 0.5) is 11.4 Å². The third-order valence-electron chi connectivity index (χ3n) is 13.0. The summed E-state index contributed by atoms with van der Waals surface area (Å²) in [7, 11) is 0. The summed E-state index contributed by atoms with van der Waals surface area (Å²) in [4.78, 5) is 13.8. The SMILES string of the molecule is CC1c2ccccc2N2c3c(-c4ccccc4)nc(-n4c5ccccc5c5cc(-c6ccc7c(c6)c6ccccc6n7-c6ccccc6)ccc54)nc3-c3ccccc3C12. The van der Waals surface area contributed by atoms with Crippen LogP contribution in [0.25, 0.3) is 88.9 Å². The number of benzene rings is 8. The summed E-state index contributed by atoms with van der Waals surface area (Å²) in [6, 6.07) is 70.3. The van der Waals surface area contributed by atoms with E-state index < -0.39 is 0 Å². The van der Waals surface area contributed by atoms with Crippen LogP contribution in [0.1, 0.15) is 30.0 Å². The molecule has 0 amide bonds. The summed E-state index contributed by atoms with van der Waals surface area (Å²) in [5.74, 6) is 0.962. The van der Waals surface area contributed by atoms with Gasteiger partial charge in [0.2, 0.25) is 5.95 Å². The minimum atomic E-state index is 0.142. The Morgan fingerprint density at radius 1 is 0.417 bits per heavy atom. The quantitative estimate of drug-likeness (QED) is 0.179. The zero-order valence-corrected chi connectivity index (χ0v) is 32.9. The minimum Gasteiger partial charge on any atom is -0.329 e. The second kappa shape index (κ2) is 12.6. The zero-order valence-electron chi connectivity index (χ0n) is 32.9. The van der Waals surface area contributed by atoms with Crippen molar-refractivity contribution in [2.75, 3.05) is 4.90 Å². The molecule has 0 spiro atoms. The highest BCUT2D eigenvalue weighted by Gasteiger charge is 2.44. The Morgan fingerprint density at radius 2 is 0.950 bits per heavy atom. The monoisotopic (exact) mass is 767 g/mol. The molecule has 282 valence electrons. The average molecular weight is 768 g/mol. The Bertz CT molecular complexity index is 3510.